The molecule has 6 heteroatoms. The van der Waals surface area contributed by atoms with Gasteiger partial charge in [0.15, 0.2) is 0 Å². The lowest BCUT2D eigenvalue weighted by molar-refractivity contribution is 0.0605. The molecule has 3 rings (SSSR count). The minimum Gasteiger partial charge on any atom is -0.330 e. The Balaban J connectivity index is 1.91. The van der Waals surface area contributed by atoms with E-state index >= 15 is 0 Å². The lowest BCUT2D eigenvalue weighted by Gasteiger charge is -2.35. The number of piperidine rings is 1. The normalized spacial score (nSPS) is 18.2. The third-order valence-corrected chi connectivity index (χ3v) is 4.18. The Labute approximate surface area is 132 Å². The van der Waals surface area contributed by atoms with Crippen LogP contribution in [0.1, 0.15) is 41.4 Å². The van der Waals surface area contributed by atoms with Gasteiger partial charge in [0.1, 0.15) is 5.02 Å². The number of halogens is 1. The van der Waals surface area contributed by atoms with Gasteiger partial charge in [-0.15, -0.1) is 0 Å². The van der Waals surface area contributed by atoms with Crippen LogP contribution in [0, 0.1) is 0 Å². The zero-order chi connectivity index (χ0) is 15.5. The lowest BCUT2D eigenvalue weighted by Crippen LogP contribution is -2.39. The number of nitrogens with one attached hydrogen (secondary N) is 1. The number of pyridine rings is 2. The van der Waals surface area contributed by atoms with Gasteiger partial charge in [-0.2, -0.15) is 0 Å². The summed E-state index contributed by atoms with van der Waals surface area (Å²) in [4.78, 5) is 32.8. The molecule has 1 amide bonds. The van der Waals surface area contributed by atoms with Crippen molar-refractivity contribution in [2.45, 2.75) is 25.3 Å². The quantitative estimate of drug-likeness (QED) is 0.926. The van der Waals surface area contributed by atoms with E-state index in [2.05, 4.69) is 9.97 Å². The largest absolute Gasteiger partial charge is 0.330 e. The van der Waals surface area contributed by atoms with Gasteiger partial charge in [0.25, 0.3) is 11.5 Å². The molecule has 0 radical (unpaired) electrons. The highest BCUT2D eigenvalue weighted by Gasteiger charge is 2.29. The van der Waals surface area contributed by atoms with E-state index in [9.17, 15) is 9.59 Å². The Bertz CT molecular complexity index is 730. The smallest absolute Gasteiger partial charge is 0.266 e. The first-order valence-corrected chi connectivity index (χ1v) is 7.65. The van der Waals surface area contributed by atoms with Gasteiger partial charge in [0, 0.05) is 18.9 Å². The van der Waals surface area contributed by atoms with E-state index in [1.54, 1.807) is 6.20 Å². The van der Waals surface area contributed by atoms with E-state index in [0.717, 1.165) is 25.0 Å². The zero-order valence-corrected chi connectivity index (χ0v) is 12.7. The van der Waals surface area contributed by atoms with Crippen molar-refractivity contribution in [3.05, 3.63) is 63.3 Å². The molecule has 3 heterocycles. The lowest BCUT2D eigenvalue weighted by atomic mass is 9.98. The van der Waals surface area contributed by atoms with Gasteiger partial charge < -0.3 is 9.88 Å². The second-order valence-corrected chi connectivity index (χ2v) is 5.74. The van der Waals surface area contributed by atoms with Crippen LogP contribution in [0.5, 0.6) is 0 Å². The van der Waals surface area contributed by atoms with Crippen molar-refractivity contribution in [3.8, 4) is 0 Å². The number of likely N-dealkylation sites (tertiary alicyclic amines) is 1. The highest BCUT2D eigenvalue weighted by molar-refractivity contribution is 6.30. The number of H-pyrrole nitrogens is 1. The molecule has 0 aromatic carbocycles. The van der Waals surface area contributed by atoms with Gasteiger partial charge in [-0.1, -0.05) is 17.7 Å². The highest BCUT2D eigenvalue weighted by atomic mass is 35.5. The van der Waals surface area contributed by atoms with Gasteiger partial charge >= 0.3 is 0 Å². The van der Waals surface area contributed by atoms with Crippen LogP contribution in [0.4, 0.5) is 0 Å². The van der Waals surface area contributed by atoms with Crippen LogP contribution in [-0.2, 0) is 0 Å². The number of hydrogen-bond donors (Lipinski definition) is 1. The van der Waals surface area contributed by atoms with E-state index in [1.165, 1.54) is 12.3 Å². The molecule has 1 atom stereocenters. The van der Waals surface area contributed by atoms with Crippen molar-refractivity contribution >= 4 is 17.5 Å². The fraction of sp³-hybridized carbons (Fsp3) is 0.312. The molecule has 1 N–H and O–H groups in total. The van der Waals surface area contributed by atoms with Crippen LogP contribution >= 0.6 is 11.6 Å². The monoisotopic (exact) mass is 317 g/mol. The van der Waals surface area contributed by atoms with Crippen molar-refractivity contribution in [1.29, 1.82) is 0 Å². The highest BCUT2D eigenvalue weighted by Crippen LogP contribution is 2.30. The van der Waals surface area contributed by atoms with Crippen LogP contribution in [0.15, 0.2) is 41.5 Å². The minimum atomic E-state index is -0.391. The van der Waals surface area contributed by atoms with Crippen LogP contribution in [0.25, 0.3) is 0 Å². The van der Waals surface area contributed by atoms with E-state index < -0.39 is 5.56 Å². The molecular formula is C16H16ClN3O2. The maximum absolute atomic E-state index is 12.8. The molecule has 0 spiro atoms. The Morgan fingerprint density at radius 3 is 2.95 bits per heavy atom. The molecule has 1 saturated heterocycles. The molecule has 0 saturated carbocycles. The van der Waals surface area contributed by atoms with Crippen molar-refractivity contribution in [1.82, 2.24) is 14.9 Å². The Morgan fingerprint density at radius 1 is 1.36 bits per heavy atom. The molecule has 1 aliphatic rings. The summed E-state index contributed by atoms with van der Waals surface area (Å²) in [6.45, 7) is 0.677. The van der Waals surface area contributed by atoms with Crippen LogP contribution in [0.3, 0.4) is 0 Å². The van der Waals surface area contributed by atoms with Gasteiger partial charge in [0.2, 0.25) is 0 Å². The summed E-state index contributed by atoms with van der Waals surface area (Å²) in [5.41, 5.74) is 0.900. The number of amides is 1. The van der Waals surface area contributed by atoms with E-state index in [-0.39, 0.29) is 17.0 Å². The molecule has 1 fully saturated rings. The summed E-state index contributed by atoms with van der Waals surface area (Å²) in [5.74, 6) is -0.131. The first-order chi connectivity index (χ1) is 10.7. The summed E-state index contributed by atoms with van der Waals surface area (Å²) >= 11 is 5.82. The fourth-order valence-electron chi connectivity index (χ4n) is 2.80. The number of aromatic amines is 1. The molecule has 2 aromatic heterocycles. The zero-order valence-electron chi connectivity index (χ0n) is 12.0. The molecule has 1 unspecified atom stereocenters. The average molecular weight is 318 g/mol. The van der Waals surface area contributed by atoms with E-state index in [4.69, 9.17) is 11.6 Å². The maximum atomic E-state index is 12.8. The van der Waals surface area contributed by atoms with Crippen LogP contribution in [0.2, 0.25) is 5.02 Å². The van der Waals surface area contributed by atoms with Crippen molar-refractivity contribution in [2.75, 3.05) is 6.54 Å². The maximum Gasteiger partial charge on any atom is 0.266 e. The summed E-state index contributed by atoms with van der Waals surface area (Å²) in [6.07, 6.45) is 6.08. The molecule has 22 heavy (non-hydrogen) atoms. The average Bonchev–Trinajstić information content (AvgIpc) is 2.57. The number of aromatic nitrogens is 2. The predicted octanol–water partition coefficient (Wildman–Crippen LogP) is 2.79. The predicted molar refractivity (Wildman–Crippen MR) is 83.9 cm³/mol. The van der Waals surface area contributed by atoms with Crippen LogP contribution in [-0.4, -0.2) is 27.3 Å². The SMILES string of the molecule is O=C(c1c[nH]c(=O)c(Cl)c1)N1CCCCC1c1ccccn1. The number of carbonyl (C=O) groups excluding carboxylic acids is 1. The summed E-state index contributed by atoms with van der Waals surface area (Å²) in [5, 5.41) is 0.0252. The Hall–Kier alpha value is -2.14. The standard InChI is InChI=1S/C16H16ClN3O2/c17-12-9-11(10-19-15(12)21)16(22)20-8-4-2-6-14(20)13-5-1-3-7-18-13/h1,3,5,7,9-10,14H,2,4,6,8H2,(H,19,21). The fourth-order valence-corrected chi connectivity index (χ4v) is 2.97. The first kappa shape index (κ1) is 14.8. The molecule has 114 valence electrons. The second kappa shape index (κ2) is 6.32. The second-order valence-electron chi connectivity index (χ2n) is 5.33. The van der Waals surface area contributed by atoms with Crippen molar-refractivity contribution < 1.29 is 4.79 Å². The third-order valence-electron chi connectivity index (χ3n) is 3.90. The van der Waals surface area contributed by atoms with Crippen molar-refractivity contribution in [3.63, 3.8) is 0 Å². The van der Waals surface area contributed by atoms with Crippen LogP contribution < -0.4 is 5.56 Å². The van der Waals surface area contributed by atoms with E-state index in [0.29, 0.717) is 12.1 Å². The van der Waals surface area contributed by atoms with Crippen molar-refractivity contribution in [2.24, 2.45) is 0 Å². The summed E-state index contributed by atoms with van der Waals surface area (Å²) in [7, 11) is 0. The first-order valence-electron chi connectivity index (χ1n) is 7.27. The molecule has 1 aliphatic heterocycles. The molecule has 5 nitrogen and oxygen atoms in total. The number of hydrogen-bond acceptors (Lipinski definition) is 3. The number of carbonyl (C=O) groups is 1. The minimum absolute atomic E-state index is 0.0252. The Kier molecular flexibility index (Phi) is 4.24. The molecule has 0 aliphatic carbocycles. The molecular weight excluding hydrogens is 302 g/mol. The number of rotatable bonds is 2. The van der Waals surface area contributed by atoms with Gasteiger partial charge in [-0.05, 0) is 37.5 Å². The number of nitrogens with zero attached hydrogens (tertiary/aromatic N) is 2. The van der Waals surface area contributed by atoms with E-state index in [1.807, 2.05) is 23.1 Å². The van der Waals surface area contributed by atoms with Gasteiger partial charge in [-0.3, -0.25) is 14.6 Å². The summed E-state index contributed by atoms with van der Waals surface area (Å²) in [6, 6.07) is 7.12. The Morgan fingerprint density at radius 2 is 2.23 bits per heavy atom. The van der Waals surface area contributed by atoms with Gasteiger partial charge in [-0.25, -0.2) is 0 Å². The topological polar surface area (TPSA) is 66.1 Å². The molecule has 0 bridgehead atoms. The molecule has 2 aromatic rings. The van der Waals surface area contributed by atoms with Gasteiger partial charge in [0.05, 0.1) is 17.3 Å². The summed E-state index contributed by atoms with van der Waals surface area (Å²) < 4.78 is 0. The third kappa shape index (κ3) is 2.90.